The van der Waals surface area contributed by atoms with Crippen molar-refractivity contribution >= 4 is 23.2 Å². The smallest absolute Gasteiger partial charge is 0.276 e. The SMILES string of the molecule is O=C(Nc1cc(Cl)ccc1F)c1nn(-c2ccccc2)c2c1CCC2. The van der Waals surface area contributed by atoms with Gasteiger partial charge in [-0.05, 0) is 49.6 Å². The van der Waals surface area contributed by atoms with Crippen molar-refractivity contribution in [1.29, 1.82) is 0 Å². The van der Waals surface area contributed by atoms with Crippen LogP contribution in [0.2, 0.25) is 5.02 Å². The summed E-state index contributed by atoms with van der Waals surface area (Å²) in [5, 5.41) is 7.45. The van der Waals surface area contributed by atoms with E-state index in [2.05, 4.69) is 10.4 Å². The van der Waals surface area contributed by atoms with Gasteiger partial charge in [-0.15, -0.1) is 0 Å². The van der Waals surface area contributed by atoms with Gasteiger partial charge in [-0.3, -0.25) is 4.79 Å². The number of nitrogens with zero attached hydrogens (tertiary/aromatic N) is 2. The van der Waals surface area contributed by atoms with Crippen LogP contribution in [0.5, 0.6) is 0 Å². The molecule has 1 N–H and O–H groups in total. The van der Waals surface area contributed by atoms with Gasteiger partial charge in [0.05, 0.1) is 11.4 Å². The van der Waals surface area contributed by atoms with Crippen LogP contribution < -0.4 is 5.32 Å². The van der Waals surface area contributed by atoms with Crippen molar-refractivity contribution in [3.8, 4) is 5.69 Å². The molecule has 1 heterocycles. The number of anilines is 1. The van der Waals surface area contributed by atoms with Gasteiger partial charge < -0.3 is 5.32 Å². The topological polar surface area (TPSA) is 46.9 Å². The fourth-order valence-corrected chi connectivity index (χ4v) is 3.35. The molecular formula is C19H15ClFN3O. The van der Waals surface area contributed by atoms with Gasteiger partial charge in [-0.2, -0.15) is 5.10 Å². The Bertz CT molecular complexity index is 953. The minimum atomic E-state index is -0.531. The molecule has 126 valence electrons. The van der Waals surface area contributed by atoms with E-state index in [1.807, 2.05) is 35.0 Å². The number of para-hydroxylation sites is 1. The lowest BCUT2D eigenvalue weighted by Crippen LogP contribution is -2.15. The van der Waals surface area contributed by atoms with E-state index in [0.29, 0.717) is 10.7 Å². The maximum Gasteiger partial charge on any atom is 0.276 e. The average molecular weight is 356 g/mol. The maximum atomic E-state index is 13.9. The number of benzene rings is 2. The third-order valence-corrected chi connectivity index (χ3v) is 4.56. The van der Waals surface area contributed by atoms with Crippen molar-refractivity contribution in [2.45, 2.75) is 19.3 Å². The number of amides is 1. The van der Waals surface area contributed by atoms with E-state index in [-0.39, 0.29) is 5.69 Å². The van der Waals surface area contributed by atoms with Gasteiger partial charge in [0.15, 0.2) is 5.69 Å². The van der Waals surface area contributed by atoms with Crippen molar-refractivity contribution in [3.05, 3.63) is 76.3 Å². The molecule has 4 rings (SSSR count). The highest BCUT2D eigenvalue weighted by atomic mass is 35.5. The van der Waals surface area contributed by atoms with Crippen LogP contribution in [0.15, 0.2) is 48.5 Å². The van der Waals surface area contributed by atoms with Gasteiger partial charge in [0.2, 0.25) is 0 Å². The largest absolute Gasteiger partial charge is 0.318 e. The van der Waals surface area contributed by atoms with Crippen LogP contribution in [0.25, 0.3) is 5.69 Å². The summed E-state index contributed by atoms with van der Waals surface area (Å²) in [5.74, 6) is -0.953. The van der Waals surface area contributed by atoms with Crippen LogP contribution in [-0.4, -0.2) is 15.7 Å². The van der Waals surface area contributed by atoms with Gasteiger partial charge in [-0.25, -0.2) is 9.07 Å². The quantitative estimate of drug-likeness (QED) is 0.756. The molecule has 1 aliphatic rings. The zero-order valence-electron chi connectivity index (χ0n) is 13.3. The predicted octanol–water partition coefficient (Wildman–Crippen LogP) is 4.41. The predicted molar refractivity (Wildman–Crippen MR) is 95.0 cm³/mol. The van der Waals surface area contributed by atoms with E-state index in [0.717, 1.165) is 36.2 Å². The molecular weight excluding hydrogens is 341 g/mol. The molecule has 4 nitrogen and oxygen atoms in total. The standard InChI is InChI=1S/C19H15ClFN3O/c20-12-9-10-15(21)16(11-12)22-19(25)18-14-7-4-8-17(14)24(23-18)13-5-2-1-3-6-13/h1-3,5-6,9-11H,4,7-8H2,(H,22,25). The lowest BCUT2D eigenvalue weighted by molar-refractivity contribution is 0.102. The van der Waals surface area contributed by atoms with Crippen LogP contribution >= 0.6 is 11.6 Å². The average Bonchev–Trinajstić information content (AvgIpc) is 3.21. The minimum absolute atomic E-state index is 0.0542. The van der Waals surface area contributed by atoms with E-state index in [9.17, 15) is 9.18 Å². The highest BCUT2D eigenvalue weighted by molar-refractivity contribution is 6.31. The zero-order valence-corrected chi connectivity index (χ0v) is 14.1. The Hall–Kier alpha value is -2.66. The lowest BCUT2D eigenvalue weighted by Gasteiger charge is -2.06. The first-order valence-electron chi connectivity index (χ1n) is 8.06. The van der Waals surface area contributed by atoms with E-state index >= 15 is 0 Å². The van der Waals surface area contributed by atoms with Crippen LogP contribution in [-0.2, 0) is 12.8 Å². The molecule has 0 radical (unpaired) electrons. The summed E-state index contributed by atoms with van der Waals surface area (Å²) in [6, 6.07) is 13.7. The summed E-state index contributed by atoms with van der Waals surface area (Å²) in [5.41, 5.74) is 3.29. The lowest BCUT2D eigenvalue weighted by atomic mass is 10.2. The Balaban J connectivity index is 1.71. The molecule has 1 aliphatic carbocycles. The number of rotatable bonds is 3. The molecule has 6 heteroatoms. The molecule has 0 spiro atoms. The second-order valence-corrected chi connectivity index (χ2v) is 6.39. The van der Waals surface area contributed by atoms with Gasteiger partial charge >= 0.3 is 0 Å². The number of aromatic nitrogens is 2. The molecule has 1 amide bonds. The van der Waals surface area contributed by atoms with E-state index in [1.165, 1.54) is 18.2 Å². The van der Waals surface area contributed by atoms with Crippen molar-refractivity contribution in [3.63, 3.8) is 0 Å². The second kappa shape index (κ2) is 6.33. The number of nitrogens with one attached hydrogen (secondary N) is 1. The Morgan fingerprint density at radius 3 is 2.76 bits per heavy atom. The number of hydrogen-bond donors (Lipinski definition) is 1. The third-order valence-electron chi connectivity index (χ3n) is 4.32. The highest BCUT2D eigenvalue weighted by Gasteiger charge is 2.27. The first kappa shape index (κ1) is 15.8. The summed E-state index contributed by atoms with van der Waals surface area (Å²) < 4.78 is 15.7. The Labute approximate surface area is 149 Å². The maximum absolute atomic E-state index is 13.9. The normalized spacial score (nSPS) is 12.9. The summed E-state index contributed by atoms with van der Waals surface area (Å²) >= 11 is 5.89. The van der Waals surface area contributed by atoms with Crippen LogP contribution in [0, 0.1) is 5.82 Å². The van der Waals surface area contributed by atoms with Crippen molar-refractivity contribution in [2.75, 3.05) is 5.32 Å². The molecule has 0 unspecified atom stereocenters. The summed E-state index contributed by atoms with van der Waals surface area (Å²) in [4.78, 5) is 12.7. The highest BCUT2D eigenvalue weighted by Crippen LogP contribution is 2.29. The van der Waals surface area contributed by atoms with E-state index < -0.39 is 11.7 Å². The number of carbonyl (C=O) groups is 1. The summed E-state index contributed by atoms with van der Waals surface area (Å²) in [6.45, 7) is 0. The van der Waals surface area contributed by atoms with Crippen LogP contribution in [0.4, 0.5) is 10.1 Å². The molecule has 2 aromatic carbocycles. The monoisotopic (exact) mass is 355 g/mol. The zero-order chi connectivity index (χ0) is 17.4. The van der Waals surface area contributed by atoms with Crippen molar-refractivity contribution < 1.29 is 9.18 Å². The molecule has 0 saturated heterocycles. The fraction of sp³-hybridized carbons (Fsp3) is 0.158. The number of fused-ring (bicyclic) bond motifs is 1. The van der Waals surface area contributed by atoms with Gasteiger partial charge in [0, 0.05) is 16.3 Å². The van der Waals surface area contributed by atoms with Gasteiger partial charge in [-0.1, -0.05) is 29.8 Å². The van der Waals surface area contributed by atoms with Crippen LogP contribution in [0.1, 0.15) is 28.2 Å². The summed E-state index contributed by atoms with van der Waals surface area (Å²) in [6.07, 6.45) is 2.64. The molecule has 0 saturated carbocycles. The Kier molecular flexibility index (Phi) is 4.01. The molecule has 0 aliphatic heterocycles. The fourth-order valence-electron chi connectivity index (χ4n) is 3.18. The third kappa shape index (κ3) is 2.91. The molecule has 0 atom stereocenters. The first-order valence-corrected chi connectivity index (χ1v) is 8.44. The number of carbonyl (C=O) groups excluding carboxylic acids is 1. The Morgan fingerprint density at radius 1 is 1.16 bits per heavy atom. The van der Waals surface area contributed by atoms with Crippen molar-refractivity contribution in [1.82, 2.24) is 9.78 Å². The number of hydrogen-bond acceptors (Lipinski definition) is 2. The number of halogens is 2. The van der Waals surface area contributed by atoms with Crippen LogP contribution in [0.3, 0.4) is 0 Å². The molecule has 0 fully saturated rings. The molecule has 25 heavy (non-hydrogen) atoms. The minimum Gasteiger partial charge on any atom is -0.318 e. The summed E-state index contributed by atoms with van der Waals surface area (Å²) in [7, 11) is 0. The molecule has 3 aromatic rings. The Morgan fingerprint density at radius 2 is 1.96 bits per heavy atom. The molecule has 1 aromatic heterocycles. The van der Waals surface area contributed by atoms with Gasteiger partial charge in [0.25, 0.3) is 5.91 Å². The molecule has 0 bridgehead atoms. The van der Waals surface area contributed by atoms with E-state index in [4.69, 9.17) is 11.6 Å². The first-order chi connectivity index (χ1) is 12.1. The second-order valence-electron chi connectivity index (χ2n) is 5.95. The van der Waals surface area contributed by atoms with E-state index in [1.54, 1.807) is 0 Å². The van der Waals surface area contributed by atoms with Gasteiger partial charge in [0.1, 0.15) is 5.82 Å². The van der Waals surface area contributed by atoms with Crippen molar-refractivity contribution in [2.24, 2.45) is 0 Å².